The predicted octanol–water partition coefficient (Wildman–Crippen LogP) is 1.54. The van der Waals surface area contributed by atoms with Crippen molar-refractivity contribution < 1.29 is 14.3 Å². The lowest BCUT2D eigenvalue weighted by molar-refractivity contribution is -0.116. The summed E-state index contributed by atoms with van der Waals surface area (Å²) in [4.78, 5) is 11.9. The Bertz CT molecular complexity index is 470. The molecule has 3 rings (SSSR count). The Balaban J connectivity index is 1.61. The van der Waals surface area contributed by atoms with E-state index in [1.807, 2.05) is 18.2 Å². The Kier molecular flexibility index (Phi) is 3.55. The number of hydrogen-bond donors (Lipinski definition) is 2. The van der Waals surface area contributed by atoms with E-state index in [0.29, 0.717) is 31.4 Å². The summed E-state index contributed by atoms with van der Waals surface area (Å²) < 4.78 is 10.9. The molecule has 2 aliphatic heterocycles. The molecule has 102 valence electrons. The van der Waals surface area contributed by atoms with Crippen LogP contribution in [0.3, 0.4) is 0 Å². The molecule has 1 amide bonds. The van der Waals surface area contributed by atoms with Gasteiger partial charge in [-0.1, -0.05) is 0 Å². The number of amides is 1. The maximum Gasteiger partial charge on any atom is 0.225 e. The number of carbonyl (C=O) groups is 1. The van der Waals surface area contributed by atoms with Gasteiger partial charge in [-0.05, 0) is 31.5 Å². The van der Waals surface area contributed by atoms with E-state index in [4.69, 9.17) is 9.47 Å². The molecule has 0 saturated carbocycles. The number of carbonyl (C=O) groups excluding carboxylic acids is 1. The zero-order valence-electron chi connectivity index (χ0n) is 10.8. The standard InChI is InChI=1S/C14H18N2O3/c17-14(9-10-2-1-5-15-10)16-11-3-4-12-13(8-11)19-7-6-18-12/h3-4,8,10,15H,1-2,5-7,9H2,(H,16,17). The van der Waals surface area contributed by atoms with Crippen LogP contribution in [0.1, 0.15) is 19.3 Å². The first-order valence-electron chi connectivity index (χ1n) is 6.74. The van der Waals surface area contributed by atoms with Gasteiger partial charge in [0.2, 0.25) is 5.91 Å². The molecule has 2 heterocycles. The van der Waals surface area contributed by atoms with Gasteiger partial charge < -0.3 is 20.1 Å². The van der Waals surface area contributed by atoms with Crippen molar-refractivity contribution in [2.45, 2.75) is 25.3 Å². The molecule has 0 bridgehead atoms. The van der Waals surface area contributed by atoms with Crippen molar-refractivity contribution in [2.75, 3.05) is 25.1 Å². The van der Waals surface area contributed by atoms with Crippen molar-refractivity contribution in [3.63, 3.8) is 0 Å². The maximum atomic E-state index is 11.9. The molecule has 0 radical (unpaired) electrons. The molecule has 0 aliphatic carbocycles. The molecule has 1 atom stereocenters. The van der Waals surface area contributed by atoms with Crippen LogP contribution in [0.4, 0.5) is 5.69 Å². The van der Waals surface area contributed by atoms with Crippen LogP contribution in [0.5, 0.6) is 11.5 Å². The zero-order chi connectivity index (χ0) is 13.1. The summed E-state index contributed by atoms with van der Waals surface area (Å²) in [5.41, 5.74) is 0.757. The van der Waals surface area contributed by atoms with E-state index in [9.17, 15) is 4.79 Å². The average molecular weight is 262 g/mol. The second-order valence-corrected chi connectivity index (χ2v) is 4.90. The molecule has 1 saturated heterocycles. The van der Waals surface area contributed by atoms with Crippen molar-refractivity contribution >= 4 is 11.6 Å². The second-order valence-electron chi connectivity index (χ2n) is 4.90. The fourth-order valence-electron chi connectivity index (χ4n) is 2.49. The fraction of sp³-hybridized carbons (Fsp3) is 0.500. The fourth-order valence-corrected chi connectivity index (χ4v) is 2.49. The first-order valence-corrected chi connectivity index (χ1v) is 6.74. The van der Waals surface area contributed by atoms with E-state index in [1.165, 1.54) is 0 Å². The molecule has 5 heteroatoms. The third-order valence-electron chi connectivity index (χ3n) is 3.42. The number of rotatable bonds is 3. The smallest absolute Gasteiger partial charge is 0.225 e. The largest absolute Gasteiger partial charge is 0.486 e. The molecule has 2 aliphatic rings. The van der Waals surface area contributed by atoms with Crippen LogP contribution in [0.2, 0.25) is 0 Å². The van der Waals surface area contributed by atoms with E-state index < -0.39 is 0 Å². The summed E-state index contributed by atoms with van der Waals surface area (Å²) >= 11 is 0. The highest BCUT2D eigenvalue weighted by Crippen LogP contribution is 2.32. The molecule has 2 N–H and O–H groups in total. The van der Waals surface area contributed by atoms with Gasteiger partial charge in [-0.15, -0.1) is 0 Å². The van der Waals surface area contributed by atoms with E-state index >= 15 is 0 Å². The van der Waals surface area contributed by atoms with E-state index in [2.05, 4.69) is 10.6 Å². The number of hydrogen-bond acceptors (Lipinski definition) is 4. The SMILES string of the molecule is O=C(CC1CCCN1)Nc1ccc2c(c1)OCCO2. The number of fused-ring (bicyclic) bond motifs is 1. The van der Waals surface area contributed by atoms with Crippen LogP contribution < -0.4 is 20.1 Å². The first-order chi connectivity index (χ1) is 9.31. The topological polar surface area (TPSA) is 59.6 Å². The highest BCUT2D eigenvalue weighted by Gasteiger charge is 2.18. The Morgan fingerprint density at radius 1 is 1.32 bits per heavy atom. The van der Waals surface area contributed by atoms with Crippen LogP contribution in [0.25, 0.3) is 0 Å². The lowest BCUT2D eigenvalue weighted by Crippen LogP contribution is -2.27. The quantitative estimate of drug-likeness (QED) is 0.867. The normalized spacial score (nSPS) is 21.2. The molecule has 1 aromatic carbocycles. The first kappa shape index (κ1) is 12.3. The molecular weight excluding hydrogens is 244 g/mol. The van der Waals surface area contributed by atoms with Gasteiger partial charge in [-0.25, -0.2) is 0 Å². The molecular formula is C14H18N2O3. The van der Waals surface area contributed by atoms with E-state index in [0.717, 1.165) is 30.8 Å². The third-order valence-corrected chi connectivity index (χ3v) is 3.42. The number of nitrogens with one attached hydrogen (secondary N) is 2. The maximum absolute atomic E-state index is 11.9. The van der Waals surface area contributed by atoms with Crippen molar-refractivity contribution in [3.8, 4) is 11.5 Å². The summed E-state index contributed by atoms with van der Waals surface area (Å²) in [5, 5.41) is 6.22. The number of ether oxygens (including phenoxy) is 2. The van der Waals surface area contributed by atoms with Gasteiger partial charge in [-0.3, -0.25) is 4.79 Å². The molecule has 0 aromatic heterocycles. The molecule has 1 unspecified atom stereocenters. The third kappa shape index (κ3) is 2.98. The van der Waals surface area contributed by atoms with Crippen LogP contribution >= 0.6 is 0 Å². The lowest BCUT2D eigenvalue weighted by atomic mass is 10.1. The zero-order valence-corrected chi connectivity index (χ0v) is 10.8. The minimum atomic E-state index is 0.0380. The van der Waals surface area contributed by atoms with Crippen molar-refractivity contribution in [3.05, 3.63) is 18.2 Å². The lowest BCUT2D eigenvalue weighted by Gasteiger charge is -2.19. The van der Waals surface area contributed by atoms with Crippen LogP contribution in [-0.4, -0.2) is 31.7 Å². The molecule has 19 heavy (non-hydrogen) atoms. The molecule has 1 aromatic rings. The highest BCUT2D eigenvalue weighted by molar-refractivity contribution is 5.91. The van der Waals surface area contributed by atoms with Crippen molar-refractivity contribution in [1.82, 2.24) is 5.32 Å². The van der Waals surface area contributed by atoms with Gasteiger partial charge in [-0.2, -0.15) is 0 Å². The second kappa shape index (κ2) is 5.48. The average Bonchev–Trinajstić information content (AvgIpc) is 2.91. The summed E-state index contributed by atoms with van der Waals surface area (Å²) in [6.45, 7) is 2.14. The minimum Gasteiger partial charge on any atom is -0.486 e. The highest BCUT2D eigenvalue weighted by atomic mass is 16.6. The van der Waals surface area contributed by atoms with Crippen LogP contribution in [-0.2, 0) is 4.79 Å². The van der Waals surface area contributed by atoms with Crippen LogP contribution in [0, 0.1) is 0 Å². The van der Waals surface area contributed by atoms with E-state index in [-0.39, 0.29) is 5.91 Å². The Hall–Kier alpha value is -1.75. The van der Waals surface area contributed by atoms with E-state index in [1.54, 1.807) is 0 Å². The van der Waals surface area contributed by atoms with Gasteiger partial charge >= 0.3 is 0 Å². The van der Waals surface area contributed by atoms with Crippen molar-refractivity contribution in [2.24, 2.45) is 0 Å². The van der Waals surface area contributed by atoms with Gasteiger partial charge in [0.15, 0.2) is 11.5 Å². The summed E-state index contributed by atoms with van der Waals surface area (Å²) in [5.74, 6) is 1.47. The number of anilines is 1. The van der Waals surface area contributed by atoms with Gasteiger partial charge in [0.25, 0.3) is 0 Å². The molecule has 0 spiro atoms. The summed E-state index contributed by atoms with van der Waals surface area (Å²) in [6, 6.07) is 5.80. The summed E-state index contributed by atoms with van der Waals surface area (Å²) in [7, 11) is 0. The minimum absolute atomic E-state index is 0.0380. The van der Waals surface area contributed by atoms with Gasteiger partial charge in [0.05, 0.1) is 0 Å². The molecule has 5 nitrogen and oxygen atoms in total. The predicted molar refractivity (Wildman–Crippen MR) is 71.7 cm³/mol. The Morgan fingerprint density at radius 2 is 2.16 bits per heavy atom. The number of benzene rings is 1. The molecule has 1 fully saturated rings. The Labute approximate surface area is 112 Å². The van der Waals surface area contributed by atoms with Crippen molar-refractivity contribution in [1.29, 1.82) is 0 Å². The summed E-state index contributed by atoms with van der Waals surface area (Å²) in [6.07, 6.45) is 2.75. The van der Waals surface area contributed by atoms with Gasteiger partial charge in [0, 0.05) is 24.2 Å². The Morgan fingerprint density at radius 3 is 2.95 bits per heavy atom. The van der Waals surface area contributed by atoms with Gasteiger partial charge in [0.1, 0.15) is 13.2 Å². The van der Waals surface area contributed by atoms with Crippen LogP contribution in [0.15, 0.2) is 18.2 Å². The monoisotopic (exact) mass is 262 g/mol.